The second-order valence-electron chi connectivity index (χ2n) is 7.00. The third-order valence-corrected chi connectivity index (χ3v) is 3.98. The molecule has 2 unspecified atom stereocenters. The Hall–Kier alpha value is -1.62. The van der Waals surface area contributed by atoms with Crippen LogP contribution in [0.4, 0.5) is 9.18 Å². The van der Waals surface area contributed by atoms with Gasteiger partial charge in [0, 0.05) is 19.1 Å². The van der Waals surface area contributed by atoms with Crippen molar-refractivity contribution >= 4 is 6.09 Å². The molecule has 0 aliphatic carbocycles. The van der Waals surface area contributed by atoms with Gasteiger partial charge in [0.2, 0.25) is 0 Å². The molecule has 1 aromatic rings. The van der Waals surface area contributed by atoms with Crippen molar-refractivity contribution in [1.82, 2.24) is 4.90 Å². The van der Waals surface area contributed by atoms with Crippen molar-refractivity contribution in [2.45, 2.75) is 45.8 Å². The molecule has 0 saturated carbocycles. The molecule has 1 aromatic carbocycles. The van der Waals surface area contributed by atoms with Crippen molar-refractivity contribution in [3.8, 4) is 0 Å². The summed E-state index contributed by atoms with van der Waals surface area (Å²) in [6.45, 7) is 8.64. The molecule has 0 spiro atoms. The van der Waals surface area contributed by atoms with Gasteiger partial charge in [-0.25, -0.2) is 9.18 Å². The Morgan fingerprint density at radius 3 is 2.77 bits per heavy atom. The Morgan fingerprint density at radius 1 is 1.45 bits per heavy atom. The number of aryl methyl sites for hydroxylation is 1. The Bertz CT molecular complexity index is 554. The zero-order chi connectivity index (χ0) is 16.5. The van der Waals surface area contributed by atoms with Crippen LogP contribution in [0.5, 0.6) is 0 Å². The first-order valence-corrected chi connectivity index (χ1v) is 7.67. The number of likely N-dealkylation sites (tertiary alicyclic amines) is 1. The summed E-state index contributed by atoms with van der Waals surface area (Å²) in [5.41, 5.74) is 7.60. The normalized spacial score (nSPS) is 20.1. The van der Waals surface area contributed by atoms with E-state index in [1.54, 1.807) is 11.0 Å². The third-order valence-electron chi connectivity index (χ3n) is 3.98. The standard InChI is InChI=1S/C17H25FN2O2/c1-11-5-6-13(18)9-14(11)15(19)12-7-8-20(10-12)16(21)22-17(2,3)4/h5-6,9,12,15H,7-8,10,19H2,1-4H3. The topological polar surface area (TPSA) is 55.6 Å². The average Bonchev–Trinajstić information content (AvgIpc) is 2.88. The van der Waals surface area contributed by atoms with E-state index in [1.165, 1.54) is 12.1 Å². The van der Waals surface area contributed by atoms with Crippen molar-refractivity contribution < 1.29 is 13.9 Å². The summed E-state index contributed by atoms with van der Waals surface area (Å²) in [6.07, 6.45) is 0.495. The van der Waals surface area contributed by atoms with Gasteiger partial charge in [-0.15, -0.1) is 0 Å². The van der Waals surface area contributed by atoms with Crippen molar-refractivity contribution in [3.63, 3.8) is 0 Å². The van der Waals surface area contributed by atoms with E-state index in [4.69, 9.17) is 10.5 Å². The second kappa shape index (κ2) is 6.24. The van der Waals surface area contributed by atoms with Gasteiger partial charge < -0.3 is 15.4 Å². The van der Waals surface area contributed by atoms with Gasteiger partial charge in [0.1, 0.15) is 11.4 Å². The van der Waals surface area contributed by atoms with Crippen LogP contribution in [0, 0.1) is 18.7 Å². The van der Waals surface area contributed by atoms with Crippen LogP contribution in [-0.2, 0) is 4.74 Å². The maximum Gasteiger partial charge on any atom is 0.410 e. The summed E-state index contributed by atoms with van der Waals surface area (Å²) >= 11 is 0. The molecule has 5 heteroatoms. The molecule has 122 valence electrons. The van der Waals surface area contributed by atoms with Gasteiger partial charge in [-0.1, -0.05) is 6.07 Å². The van der Waals surface area contributed by atoms with Crippen molar-refractivity contribution in [1.29, 1.82) is 0 Å². The van der Waals surface area contributed by atoms with Crippen LogP contribution in [0.25, 0.3) is 0 Å². The summed E-state index contributed by atoms with van der Waals surface area (Å²) in [5, 5.41) is 0. The Labute approximate surface area is 131 Å². The fourth-order valence-corrected chi connectivity index (χ4v) is 2.80. The zero-order valence-corrected chi connectivity index (χ0v) is 13.7. The van der Waals surface area contributed by atoms with Gasteiger partial charge >= 0.3 is 6.09 Å². The predicted octanol–water partition coefficient (Wildman–Crippen LogP) is 3.39. The molecule has 22 heavy (non-hydrogen) atoms. The molecule has 2 rings (SSSR count). The number of nitrogens with zero attached hydrogens (tertiary/aromatic N) is 1. The highest BCUT2D eigenvalue weighted by Crippen LogP contribution is 2.31. The van der Waals surface area contributed by atoms with E-state index in [9.17, 15) is 9.18 Å². The van der Waals surface area contributed by atoms with Gasteiger partial charge in [-0.2, -0.15) is 0 Å². The molecule has 1 heterocycles. The smallest absolute Gasteiger partial charge is 0.410 e. The van der Waals surface area contributed by atoms with E-state index in [-0.39, 0.29) is 23.9 Å². The molecule has 1 fully saturated rings. The lowest BCUT2D eigenvalue weighted by Gasteiger charge is -2.25. The molecular formula is C17H25FN2O2. The Balaban J connectivity index is 2.03. The van der Waals surface area contributed by atoms with E-state index >= 15 is 0 Å². The van der Waals surface area contributed by atoms with Crippen molar-refractivity contribution in [3.05, 3.63) is 35.1 Å². The van der Waals surface area contributed by atoms with Crippen LogP contribution >= 0.6 is 0 Å². The molecule has 2 N–H and O–H groups in total. The van der Waals surface area contributed by atoms with Crippen LogP contribution in [0.3, 0.4) is 0 Å². The highest BCUT2D eigenvalue weighted by molar-refractivity contribution is 5.68. The minimum atomic E-state index is -0.504. The second-order valence-corrected chi connectivity index (χ2v) is 7.00. The number of rotatable bonds is 2. The largest absolute Gasteiger partial charge is 0.444 e. The molecule has 1 aliphatic heterocycles. The van der Waals surface area contributed by atoms with E-state index in [0.717, 1.165) is 17.5 Å². The Kier molecular flexibility index (Phi) is 4.75. The molecule has 1 saturated heterocycles. The number of amides is 1. The van der Waals surface area contributed by atoms with Crippen LogP contribution in [0.1, 0.15) is 44.4 Å². The number of nitrogens with two attached hydrogens (primary N) is 1. The summed E-state index contributed by atoms with van der Waals surface area (Å²) in [4.78, 5) is 13.8. The van der Waals surface area contributed by atoms with E-state index < -0.39 is 5.60 Å². The number of carbonyl (C=O) groups excluding carboxylic acids is 1. The van der Waals surface area contributed by atoms with E-state index in [2.05, 4.69) is 0 Å². The number of ether oxygens (including phenoxy) is 1. The Morgan fingerprint density at radius 2 is 2.14 bits per heavy atom. The molecule has 1 amide bonds. The number of hydrogen-bond donors (Lipinski definition) is 1. The lowest BCUT2D eigenvalue weighted by atomic mass is 9.90. The molecule has 4 nitrogen and oxygen atoms in total. The summed E-state index contributed by atoms with van der Waals surface area (Å²) in [5.74, 6) is -0.161. The average molecular weight is 308 g/mol. The van der Waals surface area contributed by atoms with Crippen LogP contribution in [0.2, 0.25) is 0 Å². The SMILES string of the molecule is Cc1ccc(F)cc1C(N)C1CCN(C(=O)OC(C)(C)C)C1. The first-order chi connectivity index (χ1) is 10.2. The molecule has 0 aromatic heterocycles. The van der Waals surface area contributed by atoms with Crippen molar-refractivity contribution in [2.24, 2.45) is 11.7 Å². The van der Waals surface area contributed by atoms with Crippen LogP contribution in [-0.4, -0.2) is 29.7 Å². The minimum Gasteiger partial charge on any atom is -0.444 e. The number of halogens is 1. The highest BCUT2D eigenvalue weighted by atomic mass is 19.1. The molecule has 1 aliphatic rings. The fraction of sp³-hybridized carbons (Fsp3) is 0.588. The van der Waals surface area contributed by atoms with E-state index in [1.807, 2.05) is 27.7 Å². The van der Waals surface area contributed by atoms with Gasteiger partial charge in [-0.05, 0) is 63.3 Å². The first kappa shape index (κ1) is 16.7. The van der Waals surface area contributed by atoms with Crippen molar-refractivity contribution in [2.75, 3.05) is 13.1 Å². The van der Waals surface area contributed by atoms with Gasteiger partial charge in [0.05, 0.1) is 0 Å². The van der Waals surface area contributed by atoms with E-state index in [0.29, 0.717) is 13.1 Å². The predicted molar refractivity (Wildman–Crippen MR) is 84.0 cm³/mol. The lowest BCUT2D eigenvalue weighted by molar-refractivity contribution is 0.0286. The first-order valence-electron chi connectivity index (χ1n) is 7.67. The number of hydrogen-bond acceptors (Lipinski definition) is 3. The van der Waals surface area contributed by atoms with Gasteiger partial charge in [0.15, 0.2) is 0 Å². The number of carbonyl (C=O) groups is 1. The number of benzene rings is 1. The minimum absolute atomic E-state index is 0.119. The zero-order valence-electron chi connectivity index (χ0n) is 13.7. The van der Waals surface area contributed by atoms with Gasteiger partial charge in [0.25, 0.3) is 0 Å². The summed E-state index contributed by atoms with van der Waals surface area (Å²) in [7, 11) is 0. The molecule has 2 atom stereocenters. The fourth-order valence-electron chi connectivity index (χ4n) is 2.80. The maximum atomic E-state index is 13.4. The van der Waals surface area contributed by atoms with Crippen LogP contribution in [0.15, 0.2) is 18.2 Å². The molecular weight excluding hydrogens is 283 g/mol. The molecule has 0 bridgehead atoms. The molecule has 0 radical (unpaired) electrons. The van der Waals surface area contributed by atoms with Crippen LogP contribution < -0.4 is 5.73 Å². The monoisotopic (exact) mass is 308 g/mol. The quantitative estimate of drug-likeness (QED) is 0.911. The third kappa shape index (κ3) is 3.97. The lowest BCUT2D eigenvalue weighted by Crippen LogP contribution is -2.36. The summed E-state index contributed by atoms with van der Waals surface area (Å²) in [6, 6.07) is 4.40. The highest BCUT2D eigenvalue weighted by Gasteiger charge is 2.33. The maximum absolute atomic E-state index is 13.4. The summed E-state index contributed by atoms with van der Waals surface area (Å²) < 4.78 is 18.8. The van der Waals surface area contributed by atoms with Gasteiger partial charge in [-0.3, -0.25) is 0 Å².